The highest BCUT2D eigenvalue weighted by atomic mass is 35.5. The van der Waals surface area contributed by atoms with Gasteiger partial charge in [0.2, 0.25) is 0 Å². The van der Waals surface area contributed by atoms with Gasteiger partial charge in [0.05, 0.1) is 22.7 Å². The standard InChI is InChI=1S/C36H22ClF3N2O3S/c1-21(43)23-12-16-28(31(37)19-23)24-6-5-7-25(18-24)35-34(29-8-3-4-9-32(29)41-2)30-20-26(38)13-17-33(30)42(35)46(44,45)27-14-10-22(11-15-27)36(39)40/h3-20,36H,1H3. The fourth-order valence-electron chi connectivity index (χ4n) is 5.49. The number of Topliss-reactive ketones (excluding diaryl/α,β-unsaturated/α-hetero) is 1. The van der Waals surface area contributed by atoms with E-state index < -0.39 is 22.3 Å². The van der Waals surface area contributed by atoms with E-state index in [2.05, 4.69) is 4.85 Å². The van der Waals surface area contributed by atoms with E-state index in [0.717, 1.165) is 34.3 Å². The van der Waals surface area contributed by atoms with Crippen molar-refractivity contribution < 1.29 is 26.4 Å². The predicted octanol–water partition coefficient (Wildman–Crippen LogP) is 10.4. The number of carbonyl (C=O) groups is 1. The number of para-hydroxylation sites is 1. The smallest absolute Gasteiger partial charge is 0.268 e. The molecule has 0 radical (unpaired) electrons. The van der Waals surface area contributed by atoms with E-state index in [1.807, 2.05) is 0 Å². The number of fused-ring (bicyclic) bond motifs is 1. The van der Waals surface area contributed by atoms with E-state index >= 15 is 0 Å². The number of carbonyl (C=O) groups excluding carboxylic acids is 1. The van der Waals surface area contributed by atoms with Gasteiger partial charge in [-0.15, -0.1) is 0 Å². The zero-order valence-electron chi connectivity index (χ0n) is 24.0. The average molecular weight is 655 g/mol. The Hall–Kier alpha value is -5.17. The highest BCUT2D eigenvalue weighted by molar-refractivity contribution is 7.90. The molecule has 0 aliphatic carbocycles. The van der Waals surface area contributed by atoms with Gasteiger partial charge in [0.15, 0.2) is 11.5 Å². The van der Waals surface area contributed by atoms with Gasteiger partial charge in [-0.3, -0.25) is 4.79 Å². The molecule has 0 saturated carbocycles. The first-order valence-corrected chi connectivity index (χ1v) is 15.7. The van der Waals surface area contributed by atoms with Crippen LogP contribution in [0.25, 0.3) is 49.3 Å². The molecule has 0 bridgehead atoms. The van der Waals surface area contributed by atoms with Crippen LogP contribution in [-0.4, -0.2) is 18.2 Å². The second-order valence-corrected chi connectivity index (χ2v) is 12.7. The molecular weight excluding hydrogens is 633 g/mol. The molecule has 5 aromatic carbocycles. The van der Waals surface area contributed by atoms with Crippen LogP contribution in [0.4, 0.5) is 18.9 Å². The van der Waals surface area contributed by atoms with Gasteiger partial charge in [0, 0.05) is 38.2 Å². The second-order valence-electron chi connectivity index (χ2n) is 10.5. The number of benzene rings is 5. The summed E-state index contributed by atoms with van der Waals surface area (Å²) in [5.41, 5.74) is 2.79. The molecule has 228 valence electrons. The lowest BCUT2D eigenvalue weighted by molar-refractivity contribution is 0.101. The van der Waals surface area contributed by atoms with Crippen molar-refractivity contribution in [2.24, 2.45) is 0 Å². The Bertz CT molecular complexity index is 2330. The van der Waals surface area contributed by atoms with Crippen LogP contribution in [0.2, 0.25) is 5.02 Å². The van der Waals surface area contributed by atoms with Gasteiger partial charge in [-0.25, -0.2) is 30.4 Å². The summed E-state index contributed by atoms with van der Waals surface area (Å²) in [7, 11) is -4.50. The lowest BCUT2D eigenvalue weighted by atomic mass is 9.95. The van der Waals surface area contributed by atoms with Crippen LogP contribution in [0.1, 0.15) is 29.3 Å². The molecule has 6 rings (SSSR count). The maximum Gasteiger partial charge on any atom is 0.268 e. The lowest BCUT2D eigenvalue weighted by Gasteiger charge is -2.16. The van der Waals surface area contributed by atoms with Crippen molar-refractivity contribution in [2.75, 3.05) is 0 Å². The summed E-state index contributed by atoms with van der Waals surface area (Å²) in [6, 6.07) is 26.4. The monoisotopic (exact) mass is 654 g/mol. The summed E-state index contributed by atoms with van der Waals surface area (Å²) in [5, 5.41) is 0.533. The highest BCUT2D eigenvalue weighted by Crippen LogP contribution is 2.47. The van der Waals surface area contributed by atoms with Crippen LogP contribution in [0.5, 0.6) is 0 Å². The Labute approximate surface area is 268 Å². The van der Waals surface area contributed by atoms with Crippen molar-refractivity contribution in [3.63, 3.8) is 0 Å². The lowest BCUT2D eigenvalue weighted by Crippen LogP contribution is -2.14. The van der Waals surface area contributed by atoms with Crippen molar-refractivity contribution in [3.05, 3.63) is 143 Å². The molecule has 0 saturated heterocycles. The third kappa shape index (κ3) is 5.36. The zero-order chi connectivity index (χ0) is 32.7. The van der Waals surface area contributed by atoms with E-state index in [1.165, 1.54) is 19.1 Å². The molecular formula is C36H22ClF3N2O3S. The van der Waals surface area contributed by atoms with Gasteiger partial charge >= 0.3 is 0 Å². The summed E-state index contributed by atoms with van der Waals surface area (Å²) in [6.45, 7) is 9.25. The summed E-state index contributed by atoms with van der Waals surface area (Å²) < 4.78 is 71.6. The highest BCUT2D eigenvalue weighted by Gasteiger charge is 2.30. The Morgan fingerprint density at radius 2 is 1.57 bits per heavy atom. The number of alkyl halides is 2. The molecule has 6 aromatic rings. The number of aromatic nitrogens is 1. The third-order valence-corrected chi connectivity index (χ3v) is 9.71. The molecule has 0 atom stereocenters. The van der Waals surface area contributed by atoms with E-state index in [4.69, 9.17) is 18.2 Å². The fraction of sp³-hybridized carbons (Fsp3) is 0.0556. The van der Waals surface area contributed by atoms with Crippen LogP contribution in [0, 0.1) is 12.4 Å². The average Bonchev–Trinajstić information content (AvgIpc) is 3.39. The number of hydrogen-bond donors (Lipinski definition) is 0. The minimum absolute atomic E-state index is 0.123. The van der Waals surface area contributed by atoms with Crippen molar-refractivity contribution in [3.8, 4) is 33.5 Å². The summed E-state index contributed by atoms with van der Waals surface area (Å²) in [5.74, 6) is -0.781. The first-order chi connectivity index (χ1) is 22.0. The molecule has 5 nitrogen and oxygen atoms in total. The largest absolute Gasteiger partial charge is 0.295 e. The second kappa shape index (κ2) is 12.0. The van der Waals surface area contributed by atoms with E-state index in [1.54, 1.807) is 66.7 Å². The summed E-state index contributed by atoms with van der Waals surface area (Å²) >= 11 is 6.59. The summed E-state index contributed by atoms with van der Waals surface area (Å²) in [6.07, 6.45) is -2.79. The van der Waals surface area contributed by atoms with Crippen LogP contribution in [0.3, 0.4) is 0 Å². The van der Waals surface area contributed by atoms with Gasteiger partial charge in [0.25, 0.3) is 16.4 Å². The molecule has 1 heterocycles. The number of hydrogen-bond acceptors (Lipinski definition) is 3. The molecule has 1 aromatic heterocycles. The van der Waals surface area contributed by atoms with Gasteiger partial charge in [0.1, 0.15) is 5.82 Å². The number of halogens is 4. The maximum absolute atomic E-state index is 14.9. The number of ketones is 1. The van der Waals surface area contributed by atoms with Crippen molar-refractivity contribution >= 4 is 44.0 Å². The van der Waals surface area contributed by atoms with E-state index in [-0.39, 0.29) is 38.5 Å². The minimum atomic E-state index is -4.50. The maximum atomic E-state index is 14.9. The van der Waals surface area contributed by atoms with Crippen molar-refractivity contribution in [1.82, 2.24) is 3.97 Å². The van der Waals surface area contributed by atoms with Crippen LogP contribution < -0.4 is 0 Å². The quantitative estimate of drug-likeness (QED) is 0.127. The van der Waals surface area contributed by atoms with Crippen molar-refractivity contribution in [1.29, 1.82) is 0 Å². The van der Waals surface area contributed by atoms with Crippen molar-refractivity contribution in [2.45, 2.75) is 18.2 Å². The first kappa shape index (κ1) is 30.8. The Balaban J connectivity index is 1.72. The van der Waals surface area contributed by atoms with Gasteiger partial charge in [-0.1, -0.05) is 78.3 Å². The molecule has 0 amide bonds. The van der Waals surface area contributed by atoms with E-state index in [9.17, 15) is 26.4 Å². The Kier molecular flexibility index (Phi) is 8.03. The molecule has 0 fully saturated rings. The summed E-state index contributed by atoms with van der Waals surface area (Å²) in [4.78, 5) is 15.3. The molecule has 0 aliphatic heterocycles. The van der Waals surface area contributed by atoms with Crippen LogP contribution in [0.15, 0.2) is 114 Å². The topological polar surface area (TPSA) is 60.5 Å². The number of nitrogens with zero attached hydrogens (tertiary/aromatic N) is 2. The van der Waals surface area contributed by atoms with Gasteiger partial charge < -0.3 is 0 Å². The number of rotatable bonds is 7. The molecule has 0 N–H and O–H groups in total. The third-order valence-electron chi connectivity index (χ3n) is 7.67. The van der Waals surface area contributed by atoms with Crippen LogP contribution >= 0.6 is 11.6 Å². The molecule has 0 spiro atoms. The Morgan fingerprint density at radius 3 is 2.24 bits per heavy atom. The molecule has 46 heavy (non-hydrogen) atoms. The molecule has 0 aliphatic rings. The van der Waals surface area contributed by atoms with Crippen LogP contribution in [-0.2, 0) is 10.0 Å². The van der Waals surface area contributed by atoms with Gasteiger partial charge in [-0.05, 0) is 60.5 Å². The Morgan fingerprint density at radius 1 is 0.848 bits per heavy atom. The zero-order valence-corrected chi connectivity index (χ0v) is 25.6. The molecule has 10 heteroatoms. The van der Waals surface area contributed by atoms with E-state index in [0.29, 0.717) is 38.4 Å². The normalized spacial score (nSPS) is 11.6. The SMILES string of the molecule is [C-]#[N+]c1ccccc1-c1c(-c2cccc(-c3ccc(C(C)=O)cc3Cl)c2)n(S(=O)(=O)c2ccc(C(F)F)cc2)c2ccc(F)cc12. The first-order valence-electron chi connectivity index (χ1n) is 13.9. The minimum Gasteiger partial charge on any atom is -0.295 e. The van der Waals surface area contributed by atoms with Gasteiger partial charge in [-0.2, -0.15) is 0 Å². The predicted molar refractivity (Wildman–Crippen MR) is 173 cm³/mol. The molecule has 0 unspecified atom stereocenters. The fourth-order valence-corrected chi connectivity index (χ4v) is 7.33.